The summed E-state index contributed by atoms with van der Waals surface area (Å²) in [6.45, 7) is 0.115. The molecule has 0 heterocycles. The van der Waals surface area contributed by atoms with Crippen LogP contribution in [-0.2, 0) is 11.4 Å². The van der Waals surface area contributed by atoms with Crippen molar-refractivity contribution in [1.82, 2.24) is 0 Å². The summed E-state index contributed by atoms with van der Waals surface area (Å²) in [5, 5.41) is 22.6. The van der Waals surface area contributed by atoms with Crippen LogP contribution in [-0.4, -0.2) is 10.8 Å². The first-order valence-corrected chi connectivity index (χ1v) is 10.00. The van der Waals surface area contributed by atoms with Crippen LogP contribution < -0.4 is 10.1 Å². The molecule has 0 aliphatic carbocycles. The Hall–Kier alpha value is -4.03. The molecule has 0 unspecified atom stereocenters. The van der Waals surface area contributed by atoms with Gasteiger partial charge in [0.1, 0.15) is 29.8 Å². The molecule has 0 saturated heterocycles. The summed E-state index contributed by atoms with van der Waals surface area (Å²) in [5.41, 5.74) is 0.836. The van der Waals surface area contributed by atoms with Crippen molar-refractivity contribution < 1.29 is 18.8 Å². The Kier molecular flexibility index (Phi) is 7.31. The number of hydrogen-bond donors (Lipinski definition) is 1. The van der Waals surface area contributed by atoms with E-state index in [1.54, 1.807) is 36.4 Å². The van der Waals surface area contributed by atoms with Crippen molar-refractivity contribution in [1.29, 1.82) is 5.26 Å². The van der Waals surface area contributed by atoms with Crippen LogP contribution in [0.1, 0.15) is 11.1 Å². The molecule has 3 aromatic rings. The van der Waals surface area contributed by atoms with E-state index in [0.717, 1.165) is 0 Å². The van der Waals surface area contributed by atoms with Gasteiger partial charge in [-0.25, -0.2) is 4.39 Å². The van der Waals surface area contributed by atoms with E-state index < -0.39 is 16.6 Å². The number of nitro benzene ring substituents is 1. The number of para-hydroxylation sites is 1. The van der Waals surface area contributed by atoms with Crippen LogP contribution >= 0.6 is 15.9 Å². The molecule has 9 heteroatoms. The van der Waals surface area contributed by atoms with Crippen molar-refractivity contribution in [2.75, 3.05) is 5.32 Å². The number of halogens is 2. The van der Waals surface area contributed by atoms with E-state index in [0.29, 0.717) is 21.3 Å². The van der Waals surface area contributed by atoms with E-state index >= 15 is 0 Å². The summed E-state index contributed by atoms with van der Waals surface area (Å²) >= 11 is 3.34. The molecular weight excluding hydrogens is 481 g/mol. The number of carbonyl (C=O) groups excluding carboxylic acids is 1. The van der Waals surface area contributed by atoms with Gasteiger partial charge in [-0.3, -0.25) is 14.9 Å². The van der Waals surface area contributed by atoms with Crippen molar-refractivity contribution in [2.45, 2.75) is 6.61 Å². The van der Waals surface area contributed by atoms with Crippen molar-refractivity contribution >= 4 is 39.3 Å². The summed E-state index contributed by atoms with van der Waals surface area (Å²) in [4.78, 5) is 22.8. The number of amides is 1. The van der Waals surface area contributed by atoms with Crippen molar-refractivity contribution in [3.63, 3.8) is 0 Å². The van der Waals surface area contributed by atoms with Gasteiger partial charge in [0.2, 0.25) is 0 Å². The highest BCUT2D eigenvalue weighted by molar-refractivity contribution is 9.10. The van der Waals surface area contributed by atoms with Crippen molar-refractivity contribution in [3.8, 4) is 11.8 Å². The number of anilines is 1. The second-order valence-corrected chi connectivity index (χ2v) is 7.41. The van der Waals surface area contributed by atoms with Crippen LogP contribution in [0.5, 0.6) is 5.75 Å². The molecule has 0 aliphatic rings. The third-order valence-corrected chi connectivity index (χ3v) is 4.79. The minimum absolute atomic E-state index is 0.0273. The number of non-ortho nitro benzene ring substituents is 1. The van der Waals surface area contributed by atoms with Crippen LogP contribution in [0.3, 0.4) is 0 Å². The number of ether oxygens (including phenoxy) is 1. The lowest BCUT2D eigenvalue weighted by Crippen LogP contribution is -2.14. The number of benzene rings is 3. The maximum absolute atomic E-state index is 13.8. The number of carbonyl (C=O) groups is 1. The van der Waals surface area contributed by atoms with Gasteiger partial charge in [-0.15, -0.1) is 0 Å². The molecular formula is C23H15BrFN3O4. The molecule has 3 rings (SSSR count). The summed E-state index contributed by atoms with van der Waals surface area (Å²) in [7, 11) is 0. The minimum Gasteiger partial charge on any atom is -0.488 e. The molecule has 0 aliphatic heterocycles. The Morgan fingerprint density at radius 2 is 1.91 bits per heavy atom. The van der Waals surface area contributed by atoms with E-state index in [1.165, 1.54) is 36.4 Å². The molecule has 1 N–H and O–H groups in total. The Balaban J connectivity index is 1.81. The lowest BCUT2D eigenvalue weighted by molar-refractivity contribution is -0.384. The van der Waals surface area contributed by atoms with Crippen molar-refractivity contribution in [3.05, 3.63) is 104 Å². The van der Waals surface area contributed by atoms with Gasteiger partial charge in [0.15, 0.2) is 0 Å². The zero-order valence-corrected chi connectivity index (χ0v) is 18.0. The summed E-state index contributed by atoms with van der Waals surface area (Å²) in [6, 6.07) is 18.4. The Bertz CT molecular complexity index is 1240. The normalized spacial score (nSPS) is 10.8. The van der Waals surface area contributed by atoms with Gasteiger partial charge in [-0.2, -0.15) is 5.26 Å². The molecule has 0 aromatic heterocycles. The molecule has 0 fully saturated rings. The van der Waals surface area contributed by atoms with Gasteiger partial charge in [-0.05, 0) is 54.1 Å². The van der Waals surface area contributed by atoms with E-state index in [-0.39, 0.29) is 23.6 Å². The van der Waals surface area contributed by atoms with Gasteiger partial charge in [0.25, 0.3) is 11.6 Å². The summed E-state index contributed by atoms with van der Waals surface area (Å²) in [5.74, 6) is -0.996. The molecule has 0 radical (unpaired) electrons. The molecule has 0 bridgehead atoms. The smallest absolute Gasteiger partial charge is 0.269 e. The van der Waals surface area contributed by atoms with Gasteiger partial charge < -0.3 is 10.1 Å². The standard InChI is InChI=1S/C23H15BrFN3O4/c24-18-7-10-22(32-14-15-5-8-19(9-6-15)28(30)31)16(12-18)11-17(13-26)23(29)27-21-4-2-1-3-20(21)25/h1-12H,14H2,(H,27,29)/b17-11-. The van der Waals surface area contributed by atoms with Crippen LogP contribution in [0.2, 0.25) is 0 Å². The van der Waals surface area contributed by atoms with Crippen LogP contribution in [0.25, 0.3) is 6.08 Å². The van der Waals surface area contributed by atoms with Crippen LogP contribution in [0, 0.1) is 27.3 Å². The largest absolute Gasteiger partial charge is 0.488 e. The van der Waals surface area contributed by atoms with E-state index in [2.05, 4.69) is 21.2 Å². The number of nitrogens with zero attached hydrogens (tertiary/aromatic N) is 2. The lowest BCUT2D eigenvalue weighted by Gasteiger charge is -2.11. The number of nitro groups is 1. The topological polar surface area (TPSA) is 105 Å². The molecule has 0 atom stereocenters. The molecule has 160 valence electrons. The SMILES string of the molecule is N#C/C(=C/c1cc(Br)ccc1OCc1ccc([N+](=O)[O-])cc1)C(=O)Nc1ccccc1F. The first-order valence-electron chi connectivity index (χ1n) is 9.20. The maximum Gasteiger partial charge on any atom is 0.269 e. The van der Waals surface area contributed by atoms with Gasteiger partial charge in [-0.1, -0.05) is 28.1 Å². The fraction of sp³-hybridized carbons (Fsp3) is 0.0435. The molecule has 0 saturated carbocycles. The quantitative estimate of drug-likeness (QED) is 0.198. The second-order valence-electron chi connectivity index (χ2n) is 6.50. The zero-order valence-electron chi connectivity index (χ0n) is 16.4. The van der Waals surface area contributed by atoms with Gasteiger partial charge in [0.05, 0.1) is 10.6 Å². The van der Waals surface area contributed by atoms with Crippen LogP contribution in [0.15, 0.2) is 76.8 Å². The van der Waals surface area contributed by atoms with E-state index in [1.807, 2.05) is 6.07 Å². The second kappa shape index (κ2) is 10.3. The number of hydrogen-bond acceptors (Lipinski definition) is 5. The monoisotopic (exact) mass is 495 g/mol. The molecule has 3 aromatic carbocycles. The zero-order chi connectivity index (χ0) is 23.1. The first-order chi connectivity index (χ1) is 15.4. The number of rotatable bonds is 7. The van der Waals surface area contributed by atoms with Crippen molar-refractivity contribution in [2.24, 2.45) is 0 Å². The third kappa shape index (κ3) is 5.77. The average molecular weight is 496 g/mol. The van der Waals surface area contributed by atoms with E-state index in [9.17, 15) is 24.6 Å². The minimum atomic E-state index is -0.765. The average Bonchev–Trinajstić information content (AvgIpc) is 2.78. The molecule has 32 heavy (non-hydrogen) atoms. The lowest BCUT2D eigenvalue weighted by atomic mass is 10.1. The highest BCUT2D eigenvalue weighted by atomic mass is 79.9. The molecule has 0 spiro atoms. The van der Waals surface area contributed by atoms with Crippen LogP contribution in [0.4, 0.5) is 15.8 Å². The molecule has 7 nitrogen and oxygen atoms in total. The Labute approximate surface area is 191 Å². The highest BCUT2D eigenvalue weighted by Crippen LogP contribution is 2.27. The van der Waals surface area contributed by atoms with Gasteiger partial charge in [0, 0.05) is 22.2 Å². The summed E-state index contributed by atoms with van der Waals surface area (Å²) < 4.78 is 20.3. The highest BCUT2D eigenvalue weighted by Gasteiger charge is 2.14. The fourth-order valence-corrected chi connectivity index (χ4v) is 3.07. The predicted molar refractivity (Wildman–Crippen MR) is 120 cm³/mol. The Morgan fingerprint density at radius 1 is 1.19 bits per heavy atom. The number of nitriles is 1. The molecule has 1 amide bonds. The summed E-state index contributed by atoms with van der Waals surface area (Å²) in [6.07, 6.45) is 1.34. The third-order valence-electron chi connectivity index (χ3n) is 4.30. The Morgan fingerprint density at radius 3 is 2.56 bits per heavy atom. The first kappa shape index (κ1) is 22.7. The maximum atomic E-state index is 13.8. The van der Waals surface area contributed by atoms with Gasteiger partial charge >= 0.3 is 0 Å². The number of nitrogens with one attached hydrogen (secondary N) is 1. The van der Waals surface area contributed by atoms with E-state index in [4.69, 9.17) is 4.74 Å². The predicted octanol–water partition coefficient (Wildman–Crippen LogP) is 5.62. The fourth-order valence-electron chi connectivity index (χ4n) is 2.69.